The molecule has 7 nitrogen and oxygen atoms in total. The van der Waals surface area contributed by atoms with Crippen LogP contribution in [-0.4, -0.2) is 16.4 Å². The van der Waals surface area contributed by atoms with Crippen molar-refractivity contribution in [2.24, 2.45) is 5.92 Å². The number of nitrogens with zero attached hydrogens (tertiary/aromatic N) is 2. The van der Waals surface area contributed by atoms with Crippen molar-refractivity contribution in [1.82, 2.24) is 5.32 Å². The molecule has 1 aromatic rings. The van der Waals surface area contributed by atoms with Gasteiger partial charge in [0.25, 0.3) is 5.91 Å². The third kappa shape index (κ3) is 3.21. The number of rotatable bonds is 4. The summed E-state index contributed by atoms with van der Waals surface area (Å²) in [5.41, 5.74) is -0.898. The SMILES string of the molecule is CCC1CCC(C#N)(NC(=O)c2ccc([N+](=O)[O-])o2)CC1. The second-order valence-corrected chi connectivity index (χ2v) is 5.39. The van der Waals surface area contributed by atoms with Crippen molar-refractivity contribution in [3.8, 4) is 6.07 Å². The Balaban J connectivity index is 2.06. The largest absolute Gasteiger partial charge is 0.433 e. The van der Waals surface area contributed by atoms with Crippen LogP contribution in [0.5, 0.6) is 0 Å². The van der Waals surface area contributed by atoms with Crippen LogP contribution in [-0.2, 0) is 0 Å². The molecule has 7 heteroatoms. The van der Waals surface area contributed by atoms with E-state index in [4.69, 9.17) is 4.42 Å². The standard InChI is InChI=1S/C14H17N3O4/c1-2-10-5-7-14(9-15,8-6-10)16-13(18)11-3-4-12(21-11)17(19)20/h3-4,10H,2,5-8H2,1H3,(H,16,18). The Morgan fingerprint density at radius 2 is 2.24 bits per heavy atom. The summed E-state index contributed by atoms with van der Waals surface area (Å²) < 4.78 is 4.86. The van der Waals surface area contributed by atoms with Crippen molar-refractivity contribution in [1.29, 1.82) is 5.26 Å². The Bertz CT molecular complexity index is 579. The average molecular weight is 291 g/mol. The lowest BCUT2D eigenvalue weighted by atomic mass is 9.76. The van der Waals surface area contributed by atoms with Crippen LogP contribution in [0.15, 0.2) is 16.5 Å². The molecule has 2 rings (SSSR count). The summed E-state index contributed by atoms with van der Waals surface area (Å²) >= 11 is 0. The first-order chi connectivity index (χ1) is 9.99. The Morgan fingerprint density at radius 3 is 2.71 bits per heavy atom. The molecule has 0 aliphatic heterocycles. The summed E-state index contributed by atoms with van der Waals surface area (Å²) in [6, 6.07) is 4.56. The van der Waals surface area contributed by atoms with Gasteiger partial charge in [0.15, 0.2) is 5.76 Å². The van der Waals surface area contributed by atoms with Crippen molar-refractivity contribution < 1.29 is 14.1 Å². The highest BCUT2D eigenvalue weighted by Crippen LogP contribution is 2.33. The smallest absolute Gasteiger partial charge is 0.395 e. The van der Waals surface area contributed by atoms with Gasteiger partial charge in [-0.1, -0.05) is 13.3 Å². The van der Waals surface area contributed by atoms with E-state index in [1.807, 2.05) is 0 Å². The van der Waals surface area contributed by atoms with Gasteiger partial charge in [0.2, 0.25) is 0 Å². The Labute approximate surface area is 122 Å². The Morgan fingerprint density at radius 1 is 1.57 bits per heavy atom. The predicted molar refractivity (Wildman–Crippen MR) is 73.4 cm³/mol. The molecule has 1 aliphatic carbocycles. The molecule has 1 saturated carbocycles. The first-order valence-electron chi connectivity index (χ1n) is 6.97. The molecule has 0 atom stereocenters. The van der Waals surface area contributed by atoms with Gasteiger partial charge in [-0.15, -0.1) is 0 Å². The number of hydrogen-bond acceptors (Lipinski definition) is 5. The molecule has 0 unspecified atom stereocenters. The molecule has 0 spiro atoms. The van der Waals surface area contributed by atoms with E-state index in [0.717, 1.165) is 25.3 Å². The summed E-state index contributed by atoms with van der Waals surface area (Å²) in [5.74, 6) is -0.623. The lowest BCUT2D eigenvalue weighted by molar-refractivity contribution is -0.402. The van der Waals surface area contributed by atoms with E-state index in [2.05, 4.69) is 18.3 Å². The second-order valence-electron chi connectivity index (χ2n) is 5.39. The highest BCUT2D eigenvalue weighted by atomic mass is 16.6. The van der Waals surface area contributed by atoms with Gasteiger partial charge in [-0.2, -0.15) is 5.26 Å². The fourth-order valence-electron chi connectivity index (χ4n) is 2.67. The van der Waals surface area contributed by atoms with Crippen LogP contribution in [0.3, 0.4) is 0 Å². The zero-order valence-electron chi connectivity index (χ0n) is 11.8. The van der Waals surface area contributed by atoms with E-state index >= 15 is 0 Å². The van der Waals surface area contributed by atoms with Crippen LogP contribution in [0.1, 0.15) is 49.6 Å². The fourth-order valence-corrected chi connectivity index (χ4v) is 2.67. The van der Waals surface area contributed by atoms with E-state index in [9.17, 15) is 20.2 Å². The molecule has 0 radical (unpaired) electrons. The van der Waals surface area contributed by atoms with Crippen molar-refractivity contribution in [3.05, 3.63) is 28.0 Å². The number of nitriles is 1. The van der Waals surface area contributed by atoms with Gasteiger partial charge < -0.3 is 9.73 Å². The van der Waals surface area contributed by atoms with Crippen molar-refractivity contribution in [3.63, 3.8) is 0 Å². The van der Waals surface area contributed by atoms with Crippen LogP contribution < -0.4 is 5.32 Å². The van der Waals surface area contributed by atoms with Gasteiger partial charge in [0, 0.05) is 0 Å². The second kappa shape index (κ2) is 5.95. The average Bonchev–Trinajstić information content (AvgIpc) is 2.98. The Kier molecular flexibility index (Phi) is 4.26. The molecule has 1 amide bonds. The highest BCUT2D eigenvalue weighted by molar-refractivity contribution is 5.92. The lowest BCUT2D eigenvalue weighted by Gasteiger charge is -2.34. The maximum absolute atomic E-state index is 12.1. The molecule has 0 aromatic carbocycles. The third-order valence-corrected chi connectivity index (χ3v) is 4.10. The molecule has 1 fully saturated rings. The number of carbonyl (C=O) groups is 1. The van der Waals surface area contributed by atoms with Crippen molar-refractivity contribution >= 4 is 11.8 Å². The summed E-state index contributed by atoms with van der Waals surface area (Å²) in [4.78, 5) is 21.9. The normalized spacial score (nSPS) is 25.0. The van der Waals surface area contributed by atoms with Crippen LogP contribution in [0.2, 0.25) is 0 Å². The number of carbonyl (C=O) groups excluding carboxylic acids is 1. The molecule has 0 bridgehead atoms. The molecule has 1 N–H and O–H groups in total. The number of nitro groups is 1. The van der Waals surface area contributed by atoms with Crippen molar-refractivity contribution in [2.75, 3.05) is 0 Å². The van der Waals surface area contributed by atoms with Gasteiger partial charge in [-0.3, -0.25) is 14.9 Å². The minimum absolute atomic E-state index is 0.145. The van der Waals surface area contributed by atoms with Gasteiger partial charge in [-0.05, 0) is 37.7 Å². The van der Waals surface area contributed by atoms with E-state index in [1.165, 1.54) is 6.07 Å². The van der Waals surface area contributed by atoms with E-state index in [0.29, 0.717) is 18.8 Å². The fraction of sp³-hybridized carbons (Fsp3) is 0.571. The van der Waals surface area contributed by atoms with Crippen LogP contribution >= 0.6 is 0 Å². The summed E-state index contributed by atoms with van der Waals surface area (Å²) in [7, 11) is 0. The number of furan rings is 1. The van der Waals surface area contributed by atoms with Crippen LogP contribution in [0, 0.1) is 27.4 Å². The van der Waals surface area contributed by atoms with Gasteiger partial charge in [0.05, 0.1) is 12.1 Å². The minimum Gasteiger partial charge on any atom is -0.395 e. The van der Waals surface area contributed by atoms with Gasteiger partial charge >= 0.3 is 5.88 Å². The summed E-state index contributed by atoms with van der Waals surface area (Å²) in [5, 5.41) is 22.6. The molecule has 1 aliphatic rings. The highest BCUT2D eigenvalue weighted by Gasteiger charge is 2.37. The van der Waals surface area contributed by atoms with Crippen molar-refractivity contribution in [2.45, 2.75) is 44.6 Å². The lowest BCUT2D eigenvalue weighted by Crippen LogP contribution is -2.49. The van der Waals surface area contributed by atoms with Crippen LogP contribution in [0.25, 0.3) is 0 Å². The molecule has 0 saturated heterocycles. The number of amides is 1. The zero-order chi connectivity index (χ0) is 15.5. The van der Waals surface area contributed by atoms with Crippen LogP contribution in [0.4, 0.5) is 5.88 Å². The van der Waals surface area contributed by atoms with E-state index < -0.39 is 22.3 Å². The molecular weight excluding hydrogens is 274 g/mol. The molecule has 1 aromatic heterocycles. The van der Waals surface area contributed by atoms with Gasteiger partial charge in [-0.25, -0.2) is 0 Å². The third-order valence-electron chi connectivity index (χ3n) is 4.10. The number of hydrogen-bond donors (Lipinski definition) is 1. The maximum Gasteiger partial charge on any atom is 0.433 e. The predicted octanol–water partition coefficient (Wildman–Crippen LogP) is 2.78. The maximum atomic E-state index is 12.1. The van der Waals surface area contributed by atoms with E-state index in [1.54, 1.807) is 0 Å². The number of nitrogens with one attached hydrogen (secondary N) is 1. The minimum atomic E-state index is -0.898. The summed E-state index contributed by atoms with van der Waals surface area (Å²) in [6.07, 6.45) is 4.04. The first-order valence-corrected chi connectivity index (χ1v) is 6.97. The quantitative estimate of drug-likeness (QED) is 0.677. The monoisotopic (exact) mass is 291 g/mol. The zero-order valence-corrected chi connectivity index (χ0v) is 11.8. The van der Waals surface area contributed by atoms with Gasteiger partial charge in [0.1, 0.15) is 10.5 Å². The summed E-state index contributed by atoms with van der Waals surface area (Å²) in [6.45, 7) is 2.12. The molecule has 112 valence electrons. The molecular formula is C14H17N3O4. The van der Waals surface area contributed by atoms with E-state index in [-0.39, 0.29) is 5.76 Å². The topological polar surface area (TPSA) is 109 Å². The molecule has 1 heterocycles. The molecule has 21 heavy (non-hydrogen) atoms. The first kappa shape index (κ1) is 15.0. The Hall–Kier alpha value is -2.36.